The van der Waals surface area contributed by atoms with Gasteiger partial charge in [0.1, 0.15) is 11.9 Å². The van der Waals surface area contributed by atoms with Gasteiger partial charge >= 0.3 is 0 Å². The molecule has 0 saturated carbocycles. The van der Waals surface area contributed by atoms with Crippen LogP contribution >= 0.6 is 0 Å². The quantitative estimate of drug-likeness (QED) is 0.378. The van der Waals surface area contributed by atoms with Gasteiger partial charge in [-0.2, -0.15) is 0 Å². The molecular weight excluding hydrogens is 471 g/mol. The highest BCUT2D eigenvalue weighted by atomic mass is 19.1. The van der Waals surface area contributed by atoms with Crippen molar-refractivity contribution >= 4 is 11.8 Å². The van der Waals surface area contributed by atoms with Crippen molar-refractivity contribution in [1.29, 1.82) is 0 Å². The van der Waals surface area contributed by atoms with Gasteiger partial charge < -0.3 is 19.7 Å². The minimum atomic E-state index is -0.729. The Morgan fingerprint density at radius 3 is 2.14 bits per heavy atom. The number of benzene rings is 3. The van der Waals surface area contributed by atoms with Crippen molar-refractivity contribution in [2.75, 3.05) is 14.2 Å². The van der Waals surface area contributed by atoms with Gasteiger partial charge in [0.05, 0.1) is 14.2 Å². The van der Waals surface area contributed by atoms with Crippen molar-refractivity contribution in [3.63, 3.8) is 0 Å². The average Bonchev–Trinajstić information content (AvgIpc) is 2.90. The van der Waals surface area contributed by atoms with Gasteiger partial charge in [-0.15, -0.1) is 0 Å². The third-order valence-electron chi connectivity index (χ3n) is 6.04. The van der Waals surface area contributed by atoms with Crippen LogP contribution in [0.25, 0.3) is 0 Å². The van der Waals surface area contributed by atoms with Crippen molar-refractivity contribution in [3.05, 3.63) is 95.3 Å². The van der Waals surface area contributed by atoms with E-state index in [4.69, 9.17) is 9.47 Å². The van der Waals surface area contributed by atoms with Gasteiger partial charge in [0.2, 0.25) is 11.8 Å². The van der Waals surface area contributed by atoms with Crippen LogP contribution in [0.15, 0.2) is 72.8 Å². The van der Waals surface area contributed by atoms with Gasteiger partial charge in [0.15, 0.2) is 11.5 Å². The lowest BCUT2D eigenvalue weighted by molar-refractivity contribution is -0.141. The van der Waals surface area contributed by atoms with Crippen molar-refractivity contribution in [1.82, 2.24) is 10.2 Å². The first kappa shape index (κ1) is 27.7. The summed E-state index contributed by atoms with van der Waals surface area (Å²) in [6, 6.07) is 20.4. The van der Waals surface area contributed by atoms with Crippen LogP contribution in [0.2, 0.25) is 0 Å². The molecule has 0 spiro atoms. The maximum Gasteiger partial charge on any atom is 0.243 e. The molecule has 1 atom stereocenters. The number of carbonyl (C=O) groups excluding carboxylic acids is 2. The van der Waals surface area contributed by atoms with Crippen LogP contribution in [0, 0.1) is 5.82 Å². The number of methoxy groups -OCH3 is 2. The molecule has 37 heavy (non-hydrogen) atoms. The molecule has 0 heterocycles. The normalized spacial score (nSPS) is 11.6. The lowest BCUT2D eigenvalue weighted by Gasteiger charge is -2.32. The summed E-state index contributed by atoms with van der Waals surface area (Å²) in [6.07, 6.45) is 1.02. The molecule has 0 unspecified atom stereocenters. The van der Waals surface area contributed by atoms with Crippen LogP contribution in [-0.2, 0) is 29.0 Å². The maximum absolute atomic E-state index is 13.7. The van der Waals surface area contributed by atoms with Crippen molar-refractivity contribution < 1.29 is 23.5 Å². The van der Waals surface area contributed by atoms with E-state index >= 15 is 0 Å². The Morgan fingerprint density at radius 1 is 0.865 bits per heavy atom. The molecule has 6 nitrogen and oxygen atoms in total. The second-order valence-corrected chi connectivity index (χ2v) is 9.21. The molecule has 2 amide bonds. The Balaban J connectivity index is 1.90. The summed E-state index contributed by atoms with van der Waals surface area (Å²) in [4.78, 5) is 28.7. The number of amides is 2. The van der Waals surface area contributed by atoms with E-state index in [1.54, 1.807) is 31.3 Å². The fourth-order valence-corrected chi connectivity index (χ4v) is 4.15. The average molecular weight is 507 g/mol. The molecule has 3 aromatic carbocycles. The van der Waals surface area contributed by atoms with Gasteiger partial charge in [-0.05, 0) is 61.2 Å². The van der Waals surface area contributed by atoms with Gasteiger partial charge in [0, 0.05) is 25.4 Å². The third-order valence-corrected chi connectivity index (χ3v) is 6.04. The van der Waals surface area contributed by atoms with Crippen molar-refractivity contribution in [2.45, 2.75) is 51.7 Å². The second kappa shape index (κ2) is 13.4. The summed E-state index contributed by atoms with van der Waals surface area (Å²) in [5, 5.41) is 2.97. The summed E-state index contributed by atoms with van der Waals surface area (Å²) >= 11 is 0. The number of halogens is 1. The number of ether oxygens (including phenoxy) is 2. The summed E-state index contributed by atoms with van der Waals surface area (Å²) in [5.74, 6) is 0.463. The SMILES string of the molecule is COc1ccc(CCC(=O)N(Cc2ccc(F)cc2)[C@H](Cc2ccccc2)C(=O)NC(C)C)cc1OC. The number of rotatable bonds is 12. The minimum absolute atomic E-state index is 0.0830. The van der Waals surface area contributed by atoms with Crippen LogP contribution in [0.4, 0.5) is 4.39 Å². The zero-order valence-corrected chi connectivity index (χ0v) is 21.9. The highest BCUT2D eigenvalue weighted by Gasteiger charge is 2.30. The first-order chi connectivity index (χ1) is 17.8. The zero-order chi connectivity index (χ0) is 26.8. The van der Waals surface area contributed by atoms with Gasteiger partial charge in [-0.1, -0.05) is 48.5 Å². The Labute approximate surface area is 218 Å². The van der Waals surface area contributed by atoms with Gasteiger partial charge in [-0.25, -0.2) is 4.39 Å². The standard InChI is InChI=1S/C30H35FN2O4/c1-21(2)32-30(35)26(18-22-8-6-5-7-9-22)33(20-24-10-14-25(31)15-11-24)29(34)17-13-23-12-16-27(36-3)28(19-23)37-4/h5-12,14-16,19,21,26H,13,17-18,20H2,1-4H3,(H,32,35)/t26-/m1/s1. The largest absolute Gasteiger partial charge is 0.493 e. The number of hydrogen-bond donors (Lipinski definition) is 1. The fourth-order valence-electron chi connectivity index (χ4n) is 4.15. The Kier molecular flexibility index (Phi) is 10.1. The number of carbonyl (C=O) groups is 2. The molecule has 0 aliphatic carbocycles. The molecule has 0 saturated heterocycles. The Hall–Kier alpha value is -3.87. The molecule has 0 aromatic heterocycles. The number of hydrogen-bond acceptors (Lipinski definition) is 4. The predicted molar refractivity (Wildman–Crippen MR) is 142 cm³/mol. The van der Waals surface area contributed by atoms with E-state index in [-0.39, 0.29) is 36.6 Å². The van der Waals surface area contributed by atoms with E-state index in [9.17, 15) is 14.0 Å². The van der Waals surface area contributed by atoms with Crippen LogP contribution in [0.5, 0.6) is 11.5 Å². The summed E-state index contributed by atoms with van der Waals surface area (Å²) < 4.78 is 24.3. The molecule has 3 aromatic rings. The van der Waals surface area contributed by atoms with Crippen LogP contribution in [-0.4, -0.2) is 43.0 Å². The number of aryl methyl sites for hydroxylation is 1. The molecule has 1 N–H and O–H groups in total. The minimum Gasteiger partial charge on any atom is -0.493 e. The molecule has 0 aliphatic rings. The summed E-state index contributed by atoms with van der Waals surface area (Å²) in [6.45, 7) is 3.97. The van der Waals surface area contributed by atoms with Crippen molar-refractivity contribution in [3.8, 4) is 11.5 Å². The molecule has 196 valence electrons. The van der Waals surface area contributed by atoms with E-state index in [0.717, 1.165) is 16.7 Å². The van der Waals surface area contributed by atoms with E-state index in [2.05, 4.69) is 5.32 Å². The highest BCUT2D eigenvalue weighted by Crippen LogP contribution is 2.28. The highest BCUT2D eigenvalue weighted by molar-refractivity contribution is 5.88. The van der Waals surface area contributed by atoms with E-state index in [0.29, 0.717) is 24.3 Å². The fraction of sp³-hybridized carbons (Fsp3) is 0.333. The van der Waals surface area contributed by atoms with E-state index in [1.165, 1.54) is 12.1 Å². The third kappa shape index (κ3) is 8.07. The topological polar surface area (TPSA) is 67.9 Å². The van der Waals surface area contributed by atoms with Gasteiger partial charge in [0.25, 0.3) is 0 Å². The molecule has 7 heteroatoms. The predicted octanol–water partition coefficient (Wildman–Crippen LogP) is 4.94. The van der Waals surface area contributed by atoms with E-state index < -0.39 is 6.04 Å². The summed E-state index contributed by atoms with van der Waals surface area (Å²) in [5.41, 5.74) is 2.61. The maximum atomic E-state index is 13.7. The smallest absolute Gasteiger partial charge is 0.243 e. The Bertz CT molecular complexity index is 1170. The first-order valence-electron chi connectivity index (χ1n) is 12.4. The lowest BCUT2D eigenvalue weighted by Crippen LogP contribution is -2.51. The monoisotopic (exact) mass is 506 g/mol. The number of nitrogens with zero attached hydrogens (tertiary/aromatic N) is 1. The molecule has 3 rings (SSSR count). The molecule has 0 radical (unpaired) electrons. The molecule has 0 bridgehead atoms. The second-order valence-electron chi connectivity index (χ2n) is 9.21. The Morgan fingerprint density at radius 2 is 1.51 bits per heavy atom. The van der Waals surface area contributed by atoms with Gasteiger partial charge in [-0.3, -0.25) is 9.59 Å². The van der Waals surface area contributed by atoms with Crippen LogP contribution < -0.4 is 14.8 Å². The first-order valence-corrected chi connectivity index (χ1v) is 12.4. The zero-order valence-electron chi connectivity index (χ0n) is 21.9. The lowest BCUT2D eigenvalue weighted by atomic mass is 10.0. The molecular formula is C30H35FN2O4. The van der Waals surface area contributed by atoms with Crippen LogP contribution in [0.1, 0.15) is 37.0 Å². The van der Waals surface area contributed by atoms with E-state index in [1.807, 2.05) is 62.4 Å². The summed E-state index contributed by atoms with van der Waals surface area (Å²) in [7, 11) is 3.14. The van der Waals surface area contributed by atoms with Crippen molar-refractivity contribution in [2.24, 2.45) is 0 Å². The molecule has 0 aliphatic heterocycles. The van der Waals surface area contributed by atoms with Crippen LogP contribution in [0.3, 0.4) is 0 Å². The number of nitrogens with one attached hydrogen (secondary N) is 1. The molecule has 0 fully saturated rings.